The molecule has 1 aromatic heterocycles. The van der Waals surface area contributed by atoms with Gasteiger partial charge in [0.15, 0.2) is 12.0 Å². The van der Waals surface area contributed by atoms with Crippen LogP contribution in [0, 0.1) is 0 Å². The monoisotopic (exact) mass is 328 g/mol. The Balaban J connectivity index is 2.57. The van der Waals surface area contributed by atoms with Crippen LogP contribution in [-0.4, -0.2) is 12.9 Å². The molecule has 3 nitrogen and oxygen atoms in total. The largest absolute Gasteiger partial charge is 0.492 e. The predicted octanol–water partition coefficient (Wildman–Crippen LogP) is 4.57. The molecule has 0 fully saturated rings. The van der Waals surface area contributed by atoms with Crippen molar-refractivity contribution < 1.29 is 13.9 Å². The zero-order chi connectivity index (χ0) is 13.1. The van der Waals surface area contributed by atoms with Gasteiger partial charge in [0.2, 0.25) is 0 Å². The van der Waals surface area contributed by atoms with Crippen molar-refractivity contribution >= 4 is 33.8 Å². The number of hydrogen-bond acceptors (Lipinski definition) is 3. The quantitative estimate of drug-likeness (QED) is 0.771. The zero-order valence-corrected chi connectivity index (χ0v) is 11.9. The van der Waals surface area contributed by atoms with Gasteiger partial charge in [0.25, 0.3) is 0 Å². The van der Waals surface area contributed by atoms with Crippen molar-refractivity contribution in [1.82, 2.24) is 0 Å². The molecule has 0 spiro atoms. The van der Waals surface area contributed by atoms with Gasteiger partial charge in [-0.25, -0.2) is 0 Å². The van der Waals surface area contributed by atoms with Crippen LogP contribution in [0.25, 0.3) is 11.3 Å². The Morgan fingerprint density at radius 3 is 2.83 bits per heavy atom. The van der Waals surface area contributed by atoms with E-state index in [9.17, 15) is 4.79 Å². The average Bonchev–Trinajstić information content (AvgIpc) is 2.81. The van der Waals surface area contributed by atoms with Crippen molar-refractivity contribution in [1.29, 1.82) is 0 Å². The number of hydrogen-bond donors (Lipinski definition) is 0. The molecule has 5 heteroatoms. The van der Waals surface area contributed by atoms with Crippen LogP contribution in [-0.2, 0) is 0 Å². The molecule has 0 N–H and O–H groups in total. The summed E-state index contributed by atoms with van der Waals surface area (Å²) in [6.07, 6.45) is 0.656. The Morgan fingerprint density at radius 2 is 2.22 bits per heavy atom. The van der Waals surface area contributed by atoms with Crippen LogP contribution in [0.4, 0.5) is 0 Å². The van der Waals surface area contributed by atoms with Gasteiger partial charge in [-0.3, -0.25) is 4.79 Å². The SMILES string of the molecule is CCOc1c(Br)cc(Cl)cc1-c1ccc(C=O)o1. The van der Waals surface area contributed by atoms with E-state index in [4.69, 9.17) is 20.8 Å². The van der Waals surface area contributed by atoms with E-state index in [0.717, 1.165) is 4.47 Å². The van der Waals surface area contributed by atoms with Gasteiger partial charge in [-0.15, -0.1) is 0 Å². The van der Waals surface area contributed by atoms with E-state index in [1.54, 1.807) is 24.3 Å². The Bertz CT molecular complexity index is 578. The molecule has 0 aliphatic rings. The van der Waals surface area contributed by atoms with E-state index in [2.05, 4.69) is 15.9 Å². The van der Waals surface area contributed by atoms with E-state index in [1.807, 2.05) is 6.92 Å². The smallest absolute Gasteiger partial charge is 0.185 e. The second-order valence-electron chi connectivity index (χ2n) is 3.52. The third-order valence-corrected chi connectivity index (χ3v) is 3.11. The molecule has 0 amide bonds. The lowest BCUT2D eigenvalue weighted by molar-refractivity contribution is 0.110. The van der Waals surface area contributed by atoms with Gasteiger partial charge >= 0.3 is 0 Å². The minimum Gasteiger partial charge on any atom is -0.492 e. The fourth-order valence-corrected chi connectivity index (χ4v) is 2.52. The molecular formula is C13H10BrClO3. The zero-order valence-electron chi connectivity index (χ0n) is 9.57. The Kier molecular flexibility index (Phi) is 4.09. The molecule has 0 bridgehead atoms. The van der Waals surface area contributed by atoms with E-state index < -0.39 is 0 Å². The number of rotatable bonds is 4. The molecule has 0 saturated carbocycles. The lowest BCUT2D eigenvalue weighted by atomic mass is 10.1. The van der Waals surface area contributed by atoms with E-state index >= 15 is 0 Å². The highest BCUT2D eigenvalue weighted by Crippen LogP contribution is 2.39. The van der Waals surface area contributed by atoms with Crippen molar-refractivity contribution in [3.8, 4) is 17.1 Å². The summed E-state index contributed by atoms with van der Waals surface area (Å²) < 4.78 is 11.7. The van der Waals surface area contributed by atoms with Crippen LogP contribution >= 0.6 is 27.5 Å². The first-order valence-corrected chi connectivity index (χ1v) is 6.50. The van der Waals surface area contributed by atoms with E-state index in [-0.39, 0.29) is 5.76 Å². The first kappa shape index (κ1) is 13.2. The van der Waals surface area contributed by atoms with Gasteiger partial charge in [0.1, 0.15) is 11.5 Å². The Labute approximate surface area is 118 Å². The molecule has 0 aliphatic carbocycles. The summed E-state index contributed by atoms with van der Waals surface area (Å²) in [6, 6.07) is 6.81. The van der Waals surface area contributed by atoms with Crippen molar-refractivity contribution in [2.45, 2.75) is 6.92 Å². The lowest BCUT2D eigenvalue weighted by Crippen LogP contribution is -1.95. The summed E-state index contributed by atoms with van der Waals surface area (Å²) >= 11 is 9.42. The van der Waals surface area contributed by atoms with E-state index in [0.29, 0.717) is 35.0 Å². The van der Waals surface area contributed by atoms with Crippen molar-refractivity contribution in [2.24, 2.45) is 0 Å². The van der Waals surface area contributed by atoms with Crippen molar-refractivity contribution in [3.05, 3.63) is 39.5 Å². The summed E-state index contributed by atoms with van der Waals surface area (Å²) in [5.74, 6) is 1.46. The molecular weight excluding hydrogens is 319 g/mol. The second-order valence-corrected chi connectivity index (χ2v) is 4.81. The summed E-state index contributed by atoms with van der Waals surface area (Å²) in [7, 11) is 0. The van der Waals surface area contributed by atoms with Gasteiger partial charge in [-0.1, -0.05) is 11.6 Å². The minimum absolute atomic E-state index is 0.267. The topological polar surface area (TPSA) is 39.4 Å². The second kappa shape index (κ2) is 5.59. The molecule has 0 unspecified atom stereocenters. The summed E-state index contributed by atoms with van der Waals surface area (Å²) in [6.45, 7) is 2.41. The highest BCUT2D eigenvalue weighted by atomic mass is 79.9. The number of ether oxygens (including phenoxy) is 1. The number of halogens is 2. The van der Waals surface area contributed by atoms with E-state index in [1.165, 1.54) is 0 Å². The minimum atomic E-state index is 0.267. The normalized spacial score (nSPS) is 10.4. The Hall–Kier alpha value is -1.26. The van der Waals surface area contributed by atoms with Gasteiger partial charge in [-0.2, -0.15) is 0 Å². The highest BCUT2D eigenvalue weighted by molar-refractivity contribution is 9.10. The molecule has 2 rings (SSSR count). The van der Waals surface area contributed by atoms with Crippen LogP contribution < -0.4 is 4.74 Å². The first-order valence-electron chi connectivity index (χ1n) is 5.33. The van der Waals surface area contributed by atoms with Gasteiger partial charge < -0.3 is 9.15 Å². The summed E-state index contributed by atoms with van der Waals surface area (Å²) in [5.41, 5.74) is 0.712. The predicted molar refractivity (Wildman–Crippen MR) is 73.4 cm³/mol. The van der Waals surface area contributed by atoms with Gasteiger partial charge in [-0.05, 0) is 47.1 Å². The highest BCUT2D eigenvalue weighted by Gasteiger charge is 2.15. The van der Waals surface area contributed by atoms with Crippen molar-refractivity contribution in [3.63, 3.8) is 0 Å². The van der Waals surface area contributed by atoms with Crippen LogP contribution in [0.1, 0.15) is 17.5 Å². The third kappa shape index (κ3) is 2.60. The number of carbonyl (C=O) groups is 1. The molecule has 18 heavy (non-hydrogen) atoms. The van der Waals surface area contributed by atoms with Gasteiger partial charge in [0.05, 0.1) is 16.6 Å². The lowest BCUT2D eigenvalue weighted by Gasteiger charge is -2.11. The molecule has 94 valence electrons. The van der Waals surface area contributed by atoms with Crippen LogP contribution in [0.2, 0.25) is 5.02 Å². The molecule has 0 aliphatic heterocycles. The van der Waals surface area contributed by atoms with Crippen LogP contribution in [0.15, 0.2) is 33.2 Å². The number of carbonyl (C=O) groups excluding carboxylic acids is 1. The maximum atomic E-state index is 10.6. The van der Waals surface area contributed by atoms with Gasteiger partial charge in [0, 0.05) is 5.02 Å². The maximum absolute atomic E-state index is 10.6. The average molecular weight is 330 g/mol. The third-order valence-electron chi connectivity index (χ3n) is 2.31. The van der Waals surface area contributed by atoms with Crippen molar-refractivity contribution in [2.75, 3.05) is 6.61 Å². The molecule has 0 atom stereocenters. The Morgan fingerprint density at radius 1 is 1.44 bits per heavy atom. The first-order chi connectivity index (χ1) is 8.65. The fraction of sp³-hybridized carbons (Fsp3) is 0.154. The standard InChI is InChI=1S/C13H10BrClO3/c1-2-17-13-10(5-8(15)6-11(13)14)12-4-3-9(7-16)18-12/h3-7H,2H2,1H3. The molecule has 0 saturated heterocycles. The summed E-state index contributed by atoms with van der Waals surface area (Å²) in [4.78, 5) is 10.6. The maximum Gasteiger partial charge on any atom is 0.185 e. The molecule has 2 aromatic rings. The number of benzene rings is 1. The molecule has 0 radical (unpaired) electrons. The number of furan rings is 1. The van der Waals surface area contributed by atoms with Crippen LogP contribution in [0.5, 0.6) is 5.75 Å². The fourth-order valence-electron chi connectivity index (χ4n) is 1.60. The number of aldehydes is 1. The summed E-state index contributed by atoms with van der Waals surface area (Å²) in [5, 5.41) is 0.560. The molecule has 1 heterocycles. The molecule has 1 aromatic carbocycles. The van der Waals surface area contributed by atoms with Crippen LogP contribution in [0.3, 0.4) is 0 Å².